The molecule has 0 aliphatic rings. The number of hydrogen-bond acceptors (Lipinski definition) is 4. The molecular formula is C17H33N3O4. The van der Waals surface area contributed by atoms with Crippen LogP contribution >= 0.6 is 0 Å². The SMILES string of the molecule is CC(C)CC(NC(=O)C(CC(C)C)NC(=O)C(N)C(C)C)C(=O)O. The van der Waals surface area contributed by atoms with E-state index in [-0.39, 0.29) is 17.8 Å². The summed E-state index contributed by atoms with van der Waals surface area (Å²) in [6.07, 6.45) is 0.741. The maximum absolute atomic E-state index is 12.5. The highest BCUT2D eigenvalue weighted by atomic mass is 16.4. The third-order valence-electron chi connectivity index (χ3n) is 3.68. The van der Waals surface area contributed by atoms with Crippen LogP contribution in [0.1, 0.15) is 54.4 Å². The Bertz CT molecular complexity index is 436. The molecule has 2 amide bonds. The first-order valence-corrected chi connectivity index (χ1v) is 8.54. The topological polar surface area (TPSA) is 122 Å². The Morgan fingerprint density at radius 2 is 1.25 bits per heavy atom. The maximum Gasteiger partial charge on any atom is 0.326 e. The lowest BCUT2D eigenvalue weighted by Crippen LogP contribution is -2.55. The van der Waals surface area contributed by atoms with Gasteiger partial charge in [0, 0.05) is 0 Å². The van der Waals surface area contributed by atoms with Gasteiger partial charge in [-0.15, -0.1) is 0 Å². The van der Waals surface area contributed by atoms with Gasteiger partial charge in [-0.2, -0.15) is 0 Å². The quantitative estimate of drug-likeness (QED) is 0.473. The number of hydrogen-bond donors (Lipinski definition) is 4. The van der Waals surface area contributed by atoms with Crippen molar-refractivity contribution in [3.05, 3.63) is 0 Å². The lowest BCUT2D eigenvalue weighted by Gasteiger charge is -2.25. The smallest absolute Gasteiger partial charge is 0.326 e. The van der Waals surface area contributed by atoms with Gasteiger partial charge in [-0.25, -0.2) is 4.79 Å². The lowest BCUT2D eigenvalue weighted by atomic mass is 9.99. The first kappa shape index (κ1) is 22.4. The fourth-order valence-corrected chi connectivity index (χ4v) is 2.24. The molecule has 0 fully saturated rings. The van der Waals surface area contributed by atoms with E-state index in [1.54, 1.807) is 0 Å². The standard InChI is InChI=1S/C17H33N3O4/c1-9(2)7-12(19-16(22)14(18)11(5)6)15(21)20-13(17(23)24)8-10(3)4/h9-14H,7-8,18H2,1-6H3,(H,19,22)(H,20,21)(H,23,24). The van der Waals surface area contributed by atoms with Gasteiger partial charge in [-0.1, -0.05) is 41.5 Å². The van der Waals surface area contributed by atoms with Gasteiger partial charge < -0.3 is 21.5 Å². The lowest BCUT2D eigenvalue weighted by molar-refractivity contribution is -0.142. The molecule has 7 nitrogen and oxygen atoms in total. The van der Waals surface area contributed by atoms with E-state index in [0.717, 1.165) is 0 Å². The molecule has 0 rings (SSSR count). The molecule has 0 aliphatic carbocycles. The molecule has 0 saturated carbocycles. The summed E-state index contributed by atoms with van der Waals surface area (Å²) in [7, 11) is 0. The Morgan fingerprint density at radius 3 is 1.62 bits per heavy atom. The minimum atomic E-state index is -1.08. The highest BCUT2D eigenvalue weighted by Crippen LogP contribution is 2.09. The van der Waals surface area contributed by atoms with Crippen molar-refractivity contribution in [2.45, 2.75) is 72.5 Å². The van der Waals surface area contributed by atoms with E-state index in [1.165, 1.54) is 0 Å². The summed E-state index contributed by atoms with van der Waals surface area (Å²) in [5.74, 6) is -1.74. The zero-order valence-corrected chi connectivity index (χ0v) is 15.6. The fraction of sp³-hybridized carbons (Fsp3) is 0.824. The number of carboxylic acids is 1. The summed E-state index contributed by atoms with van der Waals surface area (Å²) >= 11 is 0. The van der Waals surface area contributed by atoms with Crippen molar-refractivity contribution in [1.29, 1.82) is 0 Å². The van der Waals surface area contributed by atoms with E-state index in [0.29, 0.717) is 12.8 Å². The van der Waals surface area contributed by atoms with E-state index in [1.807, 2.05) is 41.5 Å². The zero-order valence-electron chi connectivity index (χ0n) is 15.6. The molecule has 3 unspecified atom stereocenters. The normalized spacial score (nSPS) is 15.2. The molecule has 24 heavy (non-hydrogen) atoms. The van der Waals surface area contributed by atoms with Crippen LogP contribution in [0.4, 0.5) is 0 Å². The maximum atomic E-state index is 12.5. The van der Waals surface area contributed by atoms with Crippen LogP contribution < -0.4 is 16.4 Å². The van der Waals surface area contributed by atoms with Gasteiger partial charge in [0.05, 0.1) is 6.04 Å². The molecule has 7 heteroatoms. The molecule has 0 saturated heterocycles. The largest absolute Gasteiger partial charge is 0.480 e. The summed E-state index contributed by atoms with van der Waals surface area (Å²) in [5.41, 5.74) is 5.82. The molecule has 140 valence electrons. The van der Waals surface area contributed by atoms with Crippen molar-refractivity contribution in [2.75, 3.05) is 0 Å². The molecule has 0 aliphatic heterocycles. The molecule has 0 heterocycles. The molecule has 3 atom stereocenters. The predicted octanol–water partition coefficient (Wildman–Crippen LogP) is 1.12. The van der Waals surface area contributed by atoms with Gasteiger partial charge >= 0.3 is 5.97 Å². The van der Waals surface area contributed by atoms with Crippen LogP contribution in [0.25, 0.3) is 0 Å². The van der Waals surface area contributed by atoms with Crippen LogP contribution in [0.2, 0.25) is 0 Å². The van der Waals surface area contributed by atoms with Crippen LogP contribution in [0.15, 0.2) is 0 Å². The highest BCUT2D eigenvalue weighted by molar-refractivity contribution is 5.91. The summed E-state index contributed by atoms with van der Waals surface area (Å²) < 4.78 is 0. The van der Waals surface area contributed by atoms with Crippen LogP contribution in [-0.2, 0) is 14.4 Å². The second-order valence-corrected chi connectivity index (χ2v) is 7.49. The molecule has 0 aromatic carbocycles. The van der Waals surface area contributed by atoms with Gasteiger partial charge in [-0.3, -0.25) is 9.59 Å². The number of nitrogens with one attached hydrogen (secondary N) is 2. The fourth-order valence-electron chi connectivity index (χ4n) is 2.24. The number of nitrogens with two attached hydrogens (primary N) is 1. The van der Waals surface area contributed by atoms with Crippen molar-refractivity contribution in [3.8, 4) is 0 Å². The molecular weight excluding hydrogens is 310 g/mol. The number of carboxylic acid groups (broad SMARTS) is 1. The minimum absolute atomic E-state index is 0.0551. The number of amides is 2. The van der Waals surface area contributed by atoms with Gasteiger partial charge in [0.25, 0.3) is 0 Å². The summed E-state index contributed by atoms with van der Waals surface area (Å²) in [6.45, 7) is 11.3. The van der Waals surface area contributed by atoms with Crippen molar-refractivity contribution >= 4 is 17.8 Å². The molecule has 0 spiro atoms. The molecule has 0 aromatic rings. The van der Waals surface area contributed by atoms with E-state index in [2.05, 4.69) is 10.6 Å². The zero-order chi connectivity index (χ0) is 19.0. The van der Waals surface area contributed by atoms with Crippen LogP contribution in [0.3, 0.4) is 0 Å². The Balaban J connectivity index is 5.05. The Hall–Kier alpha value is -1.63. The van der Waals surface area contributed by atoms with Gasteiger partial charge in [-0.05, 0) is 30.6 Å². The van der Waals surface area contributed by atoms with Crippen molar-refractivity contribution in [1.82, 2.24) is 10.6 Å². The van der Waals surface area contributed by atoms with Gasteiger partial charge in [0.2, 0.25) is 11.8 Å². The van der Waals surface area contributed by atoms with E-state index >= 15 is 0 Å². The minimum Gasteiger partial charge on any atom is -0.480 e. The second-order valence-electron chi connectivity index (χ2n) is 7.49. The number of aliphatic carboxylic acids is 1. The average molecular weight is 343 g/mol. The van der Waals surface area contributed by atoms with E-state index < -0.39 is 35.9 Å². The number of rotatable bonds is 10. The molecule has 0 aromatic heterocycles. The third-order valence-corrected chi connectivity index (χ3v) is 3.68. The summed E-state index contributed by atoms with van der Waals surface area (Å²) in [5, 5.41) is 14.4. The number of carbonyl (C=O) groups excluding carboxylic acids is 2. The number of carbonyl (C=O) groups is 3. The average Bonchev–Trinajstić information content (AvgIpc) is 2.43. The van der Waals surface area contributed by atoms with Crippen molar-refractivity contribution in [3.63, 3.8) is 0 Å². The molecule has 0 radical (unpaired) electrons. The van der Waals surface area contributed by atoms with Gasteiger partial charge in [0.15, 0.2) is 0 Å². The monoisotopic (exact) mass is 343 g/mol. The Kier molecular flexibility index (Phi) is 9.58. The Labute approximate surface area is 144 Å². The van der Waals surface area contributed by atoms with E-state index in [9.17, 15) is 19.5 Å². The highest BCUT2D eigenvalue weighted by Gasteiger charge is 2.29. The molecule has 0 bridgehead atoms. The molecule has 5 N–H and O–H groups in total. The van der Waals surface area contributed by atoms with E-state index in [4.69, 9.17) is 5.73 Å². The third kappa shape index (κ3) is 8.29. The second kappa shape index (κ2) is 10.3. The van der Waals surface area contributed by atoms with Crippen LogP contribution in [-0.4, -0.2) is 41.0 Å². The Morgan fingerprint density at radius 1 is 0.833 bits per heavy atom. The summed E-state index contributed by atoms with van der Waals surface area (Å²) in [4.78, 5) is 35.9. The van der Waals surface area contributed by atoms with Gasteiger partial charge in [0.1, 0.15) is 12.1 Å². The van der Waals surface area contributed by atoms with Crippen molar-refractivity contribution in [2.24, 2.45) is 23.5 Å². The van der Waals surface area contributed by atoms with Crippen LogP contribution in [0.5, 0.6) is 0 Å². The first-order valence-electron chi connectivity index (χ1n) is 8.54. The predicted molar refractivity (Wildman–Crippen MR) is 93.2 cm³/mol. The first-order chi connectivity index (χ1) is 11.0. The van der Waals surface area contributed by atoms with Crippen molar-refractivity contribution < 1.29 is 19.5 Å². The summed E-state index contributed by atoms with van der Waals surface area (Å²) in [6, 6.07) is -2.47. The van der Waals surface area contributed by atoms with Crippen LogP contribution in [0, 0.1) is 17.8 Å².